The molecule has 168 valence electrons. The van der Waals surface area contributed by atoms with Crippen LogP contribution in [-0.2, 0) is 19.6 Å². The van der Waals surface area contributed by atoms with E-state index in [4.69, 9.17) is 14.2 Å². The van der Waals surface area contributed by atoms with Crippen LogP contribution in [0.3, 0.4) is 0 Å². The standard InChI is InChI=1S/C28H32O4/c1-4-30-27(29)22-13-10-20(11-14-22)8-9-21-12-15-24-23(19-21)25(16-17-28(24,2)3)32-26-7-5-6-18-31-26/h10-15,19,25-26H,4-7,16-18H2,1-3H3/t25-,26-/m0/s1. The molecule has 0 bridgehead atoms. The summed E-state index contributed by atoms with van der Waals surface area (Å²) in [5.41, 5.74) is 5.07. The Morgan fingerprint density at radius 3 is 2.53 bits per heavy atom. The number of fused-ring (bicyclic) bond motifs is 1. The summed E-state index contributed by atoms with van der Waals surface area (Å²) in [4.78, 5) is 11.8. The summed E-state index contributed by atoms with van der Waals surface area (Å²) in [6.45, 7) is 7.56. The molecule has 2 aromatic rings. The van der Waals surface area contributed by atoms with Gasteiger partial charge in [-0.2, -0.15) is 0 Å². The molecule has 4 nitrogen and oxygen atoms in total. The molecule has 1 fully saturated rings. The molecular weight excluding hydrogens is 400 g/mol. The fourth-order valence-corrected chi connectivity index (χ4v) is 4.50. The fraction of sp³-hybridized carbons (Fsp3) is 0.464. The zero-order chi connectivity index (χ0) is 22.6. The highest BCUT2D eigenvalue weighted by atomic mass is 16.7. The van der Waals surface area contributed by atoms with E-state index in [1.807, 2.05) is 12.1 Å². The summed E-state index contributed by atoms with van der Waals surface area (Å²) in [7, 11) is 0. The van der Waals surface area contributed by atoms with E-state index in [9.17, 15) is 4.79 Å². The Balaban J connectivity index is 1.55. The topological polar surface area (TPSA) is 44.8 Å². The Kier molecular flexibility index (Phi) is 6.98. The zero-order valence-electron chi connectivity index (χ0n) is 19.3. The summed E-state index contributed by atoms with van der Waals surface area (Å²) >= 11 is 0. The smallest absolute Gasteiger partial charge is 0.338 e. The van der Waals surface area contributed by atoms with Gasteiger partial charge in [0.1, 0.15) is 0 Å². The Bertz CT molecular complexity index is 1000. The van der Waals surface area contributed by atoms with E-state index >= 15 is 0 Å². The lowest BCUT2D eigenvalue weighted by atomic mass is 9.71. The van der Waals surface area contributed by atoms with E-state index in [0.29, 0.717) is 12.2 Å². The number of benzene rings is 2. The van der Waals surface area contributed by atoms with Crippen LogP contribution in [-0.4, -0.2) is 25.5 Å². The average Bonchev–Trinajstić information content (AvgIpc) is 2.81. The number of ether oxygens (including phenoxy) is 3. The molecule has 2 aliphatic rings. The fourth-order valence-electron chi connectivity index (χ4n) is 4.50. The number of carbonyl (C=O) groups excluding carboxylic acids is 1. The molecular formula is C28H32O4. The maximum atomic E-state index is 11.8. The van der Waals surface area contributed by atoms with Gasteiger partial charge in [-0.15, -0.1) is 0 Å². The minimum atomic E-state index is -0.308. The van der Waals surface area contributed by atoms with Gasteiger partial charge in [0.05, 0.1) is 18.3 Å². The van der Waals surface area contributed by atoms with Gasteiger partial charge >= 0.3 is 5.97 Å². The Hall–Kier alpha value is -2.61. The van der Waals surface area contributed by atoms with Gasteiger partial charge in [0.15, 0.2) is 6.29 Å². The summed E-state index contributed by atoms with van der Waals surface area (Å²) in [5.74, 6) is 6.19. The lowest BCUT2D eigenvalue weighted by molar-refractivity contribution is -0.193. The van der Waals surface area contributed by atoms with Gasteiger partial charge in [0.25, 0.3) is 0 Å². The third-order valence-corrected chi connectivity index (χ3v) is 6.36. The van der Waals surface area contributed by atoms with E-state index in [2.05, 4.69) is 43.9 Å². The van der Waals surface area contributed by atoms with E-state index in [0.717, 1.165) is 49.8 Å². The van der Waals surface area contributed by atoms with E-state index < -0.39 is 0 Å². The van der Waals surface area contributed by atoms with Gasteiger partial charge in [-0.3, -0.25) is 0 Å². The highest BCUT2D eigenvalue weighted by Crippen LogP contribution is 2.44. The third-order valence-electron chi connectivity index (χ3n) is 6.36. The molecule has 1 aliphatic carbocycles. The van der Waals surface area contributed by atoms with Crippen molar-refractivity contribution >= 4 is 5.97 Å². The molecule has 0 unspecified atom stereocenters. The molecule has 1 saturated heterocycles. The van der Waals surface area contributed by atoms with Crippen LogP contribution in [0.25, 0.3) is 0 Å². The lowest BCUT2D eigenvalue weighted by Crippen LogP contribution is -2.31. The molecule has 2 atom stereocenters. The summed E-state index contributed by atoms with van der Waals surface area (Å²) in [6.07, 6.45) is 5.28. The minimum Gasteiger partial charge on any atom is -0.462 e. The van der Waals surface area contributed by atoms with Crippen LogP contribution in [0, 0.1) is 11.8 Å². The van der Waals surface area contributed by atoms with Crippen LogP contribution in [0.1, 0.15) is 91.6 Å². The summed E-state index contributed by atoms with van der Waals surface area (Å²) in [5, 5.41) is 0. The second kappa shape index (κ2) is 9.90. The molecule has 0 spiro atoms. The van der Waals surface area contributed by atoms with Crippen LogP contribution in [0.2, 0.25) is 0 Å². The molecule has 4 heteroatoms. The number of hydrogen-bond acceptors (Lipinski definition) is 4. The van der Waals surface area contributed by atoms with E-state index in [-0.39, 0.29) is 23.8 Å². The van der Waals surface area contributed by atoms with Gasteiger partial charge in [-0.05, 0) is 92.0 Å². The Morgan fingerprint density at radius 2 is 1.81 bits per heavy atom. The Morgan fingerprint density at radius 1 is 1.06 bits per heavy atom. The Labute approximate surface area is 191 Å². The SMILES string of the molecule is CCOC(=O)c1ccc(C#Cc2ccc3c(c2)[C@@H](O[C@H]2CCCCO2)CCC3(C)C)cc1. The number of hydrogen-bond donors (Lipinski definition) is 0. The van der Waals surface area contributed by atoms with Crippen LogP contribution >= 0.6 is 0 Å². The van der Waals surface area contributed by atoms with Crippen molar-refractivity contribution in [3.05, 3.63) is 70.3 Å². The molecule has 2 aromatic carbocycles. The predicted octanol–water partition coefficient (Wildman–Crippen LogP) is 5.92. The van der Waals surface area contributed by atoms with Crippen LogP contribution in [0.4, 0.5) is 0 Å². The summed E-state index contributed by atoms with van der Waals surface area (Å²) < 4.78 is 17.3. The lowest BCUT2D eigenvalue weighted by Gasteiger charge is -2.38. The molecule has 0 saturated carbocycles. The van der Waals surface area contributed by atoms with Crippen molar-refractivity contribution < 1.29 is 19.0 Å². The van der Waals surface area contributed by atoms with Crippen LogP contribution in [0.5, 0.6) is 0 Å². The van der Waals surface area contributed by atoms with Crippen LogP contribution < -0.4 is 0 Å². The number of esters is 1. The van der Waals surface area contributed by atoms with Crippen molar-refractivity contribution in [3.8, 4) is 11.8 Å². The molecule has 0 aromatic heterocycles. The van der Waals surface area contributed by atoms with Gasteiger partial charge in [0, 0.05) is 17.7 Å². The first-order valence-corrected chi connectivity index (χ1v) is 11.7. The highest BCUT2D eigenvalue weighted by Gasteiger charge is 2.34. The molecule has 0 N–H and O–H groups in total. The van der Waals surface area contributed by atoms with Crippen molar-refractivity contribution in [3.63, 3.8) is 0 Å². The maximum Gasteiger partial charge on any atom is 0.338 e. The molecule has 1 aliphatic heterocycles. The quantitative estimate of drug-likeness (QED) is 0.444. The van der Waals surface area contributed by atoms with Gasteiger partial charge in [0.2, 0.25) is 0 Å². The van der Waals surface area contributed by atoms with E-state index in [1.54, 1.807) is 19.1 Å². The molecule has 0 amide bonds. The van der Waals surface area contributed by atoms with Crippen molar-refractivity contribution in [2.45, 2.75) is 70.7 Å². The van der Waals surface area contributed by atoms with Gasteiger partial charge < -0.3 is 14.2 Å². The molecule has 1 heterocycles. The molecule has 4 rings (SSSR count). The van der Waals surface area contributed by atoms with Gasteiger partial charge in [-0.1, -0.05) is 31.8 Å². The second-order valence-electron chi connectivity index (χ2n) is 9.19. The van der Waals surface area contributed by atoms with Crippen molar-refractivity contribution in [1.82, 2.24) is 0 Å². The predicted molar refractivity (Wildman–Crippen MR) is 124 cm³/mol. The molecule has 0 radical (unpaired) electrons. The first kappa shape index (κ1) is 22.6. The van der Waals surface area contributed by atoms with Gasteiger partial charge in [-0.25, -0.2) is 4.79 Å². The van der Waals surface area contributed by atoms with Crippen molar-refractivity contribution in [2.75, 3.05) is 13.2 Å². The third kappa shape index (κ3) is 5.23. The minimum absolute atomic E-state index is 0.0479. The first-order valence-electron chi connectivity index (χ1n) is 11.7. The number of rotatable bonds is 4. The number of carbonyl (C=O) groups is 1. The van der Waals surface area contributed by atoms with Crippen molar-refractivity contribution in [2.24, 2.45) is 0 Å². The highest BCUT2D eigenvalue weighted by molar-refractivity contribution is 5.89. The normalized spacial score (nSPS) is 21.7. The largest absolute Gasteiger partial charge is 0.462 e. The summed E-state index contributed by atoms with van der Waals surface area (Å²) in [6, 6.07) is 13.7. The second-order valence-corrected chi connectivity index (χ2v) is 9.19. The average molecular weight is 433 g/mol. The zero-order valence-corrected chi connectivity index (χ0v) is 19.3. The molecule has 32 heavy (non-hydrogen) atoms. The van der Waals surface area contributed by atoms with E-state index in [1.165, 1.54) is 11.1 Å². The maximum absolute atomic E-state index is 11.8. The monoisotopic (exact) mass is 432 g/mol. The first-order chi connectivity index (χ1) is 15.5. The van der Waals surface area contributed by atoms with Crippen molar-refractivity contribution in [1.29, 1.82) is 0 Å². The van der Waals surface area contributed by atoms with Crippen LogP contribution in [0.15, 0.2) is 42.5 Å².